The normalized spacial score (nSPS) is 15.5. The molecule has 1 aliphatic rings. The molecule has 0 spiro atoms. The topological polar surface area (TPSA) is 56.1 Å². The summed E-state index contributed by atoms with van der Waals surface area (Å²) in [6.45, 7) is 11.4. The summed E-state index contributed by atoms with van der Waals surface area (Å²) in [4.78, 5) is 11.5. The first-order chi connectivity index (χ1) is 10.1. The summed E-state index contributed by atoms with van der Waals surface area (Å²) >= 11 is 0. The molecule has 1 aliphatic heterocycles. The fourth-order valence-electron chi connectivity index (χ4n) is 2.50. The molecule has 0 radical (unpaired) electrons. The number of hydrogen-bond acceptors (Lipinski definition) is 5. The van der Waals surface area contributed by atoms with Gasteiger partial charge in [-0.2, -0.15) is 10.1 Å². The predicted octanol–water partition coefficient (Wildman–Crippen LogP) is 1.73. The molecule has 0 amide bonds. The lowest BCUT2D eigenvalue weighted by atomic mass is 10.2. The maximum Gasteiger partial charge on any atom is 0.252 e. The number of hydrogen-bond donors (Lipinski definition) is 0. The molecule has 6 nitrogen and oxygen atoms in total. The third-order valence-electron chi connectivity index (χ3n) is 4.01. The second kappa shape index (κ2) is 5.44. The van der Waals surface area contributed by atoms with Crippen LogP contribution in [0.25, 0.3) is 5.95 Å². The second-order valence-electron chi connectivity index (χ2n) is 5.47. The molecule has 1 saturated heterocycles. The van der Waals surface area contributed by atoms with Crippen molar-refractivity contribution in [2.24, 2.45) is 0 Å². The number of morpholine rings is 1. The quantitative estimate of drug-likeness (QED) is 0.842. The zero-order valence-corrected chi connectivity index (χ0v) is 13.1. The van der Waals surface area contributed by atoms with Crippen LogP contribution in [0.3, 0.4) is 0 Å². The van der Waals surface area contributed by atoms with Crippen molar-refractivity contribution < 1.29 is 4.74 Å². The summed E-state index contributed by atoms with van der Waals surface area (Å²) in [5, 5.41) is 4.56. The van der Waals surface area contributed by atoms with Crippen molar-refractivity contribution in [1.82, 2.24) is 19.7 Å². The number of ether oxygens (including phenoxy) is 1. The van der Waals surface area contributed by atoms with E-state index < -0.39 is 0 Å². The summed E-state index contributed by atoms with van der Waals surface area (Å²) in [7, 11) is 0. The predicted molar refractivity (Wildman–Crippen MR) is 81.1 cm³/mol. The van der Waals surface area contributed by atoms with E-state index in [-0.39, 0.29) is 0 Å². The molecular formula is C15H21N5O. The van der Waals surface area contributed by atoms with Gasteiger partial charge in [-0.15, -0.1) is 0 Å². The molecule has 0 aliphatic carbocycles. The van der Waals surface area contributed by atoms with Gasteiger partial charge in [0, 0.05) is 30.5 Å². The first-order valence-corrected chi connectivity index (χ1v) is 7.28. The lowest BCUT2D eigenvalue weighted by Crippen LogP contribution is -2.37. The van der Waals surface area contributed by atoms with Gasteiger partial charge in [-0.1, -0.05) is 0 Å². The molecule has 0 saturated carbocycles. The Hall–Kier alpha value is -1.95. The van der Waals surface area contributed by atoms with E-state index in [1.165, 1.54) is 5.56 Å². The van der Waals surface area contributed by atoms with Gasteiger partial charge in [0.1, 0.15) is 5.82 Å². The summed E-state index contributed by atoms with van der Waals surface area (Å²) in [5.74, 6) is 1.59. The third kappa shape index (κ3) is 2.63. The average Bonchev–Trinajstić information content (AvgIpc) is 2.75. The Balaban J connectivity index is 2.02. The molecule has 0 bridgehead atoms. The molecule has 2 aromatic heterocycles. The summed E-state index contributed by atoms with van der Waals surface area (Å²) < 4.78 is 7.24. The molecule has 6 heteroatoms. The molecule has 3 heterocycles. The van der Waals surface area contributed by atoms with Crippen LogP contribution in [-0.4, -0.2) is 46.1 Å². The van der Waals surface area contributed by atoms with Gasteiger partial charge < -0.3 is 9.64 Å². The Morgan fingerprint density at radius 2 is 1.76 bits per heavy atom. The van der Waals surface area contributed by atoms with E-state index in [9.17, 15) is 0 Å². The molecule has 21 heavy (non-hydrogen) atoms. The van der Waals surface area contributed by atoms with Crippen molar-refractivity contribution in [2.75, 3.05) is 31.2 Å². The van der Waals surface area contributed by atoms with Crippen LogP contribution >= 0.6 is 0 Å². The minimum absolute atomic E-state index is 0.644. The molecule has 0 aromatic carbocycles. The van der Waals surface area contributed by atoms with Gasteiger partial charge in [0.05, 0.1) is 18.9 Å². The minimum Gasteiger partial charge on any atom is -0.378 e. The van der Waals surface area contributed by atoms with Crippen LogP contribution in [-0.2, 0) is 4.74 Å². The highest BCUT2D eigenvalue weighted by molar-refractivity contribution is 5.43. The molecule has 112 valence electrons. The number of nitrogens with zero attached hydrogens (tertiary/aromatic N) is 5. The van der Waals surface area contributed by atoms with E-state index in [1.54, 1.807) is 0 Å². The van der Waals surface area contributed by atoms with E-state index in [0.29, 0.717) is 5.95 Å². The number of aryl methyl sites for hydroxylation is 2. The van der Waals surface area contributed by atoms with Gasteiger partial charge in [0.15, 0.2) is 0 Å². The molecule has 3 rings (SSSR count). The molecule has 2 aromatic rings. The van der Waals surface area contributed by atoms with E-state index in [1.807, 2.05) is 24.6 Å². The SMILES string of the molecule is Cc1cc(N2CCOCC2)nc(-n2nc(C)c(C)c2C)n1. The first-order valence-electron chi connectivity index (χ1n) is 7.28. The zero-order chi connectivity index (χ0) is 15.0. The summed E-state index contributed by atoms with van der Waals surface area (Å²) in [6, 6.07) is 2.02. The number of rotatable bonds is 2. The van der Waals surface area contributed by atoms with Crippen molar-refractivity contribution in [3.05, 3.63) is 28.7 Å². The second-order valence-corrected chi connectivity index (χ2v) is 5.47. The standard InChI is InChI=1S/C15H21N5O/c1-10-9-14(19-5-7-21-8-6-19)17-15(16-10)20-13(4)11(2)12(3)18-20/h9H,5-8H2,1-4H3. The Morgan fingerprint density at radius 3 is 2.38 bits per heavy atom. The highest BCUT2D eigenvalue weighted by Gasteiger charge is 2.17. The Labute approximate surface area is 124 Å². The van der Waals surface area contributed by atoms with Crippen molar-refractivity contribution in [2.45, 2.75) is 27.7 Å². The Morgan fingerprint density at radius 1 is 1.05 bits per heavy atom. The fraction of sp³-hybridized carbons (Fsp3) is 0.533. The smallest absolute Gasteiger partial charge is 0.252 e. The third-order valence-corrected chi connectivity index (χ3v) is 4.01. The lowest BCUT2D eigenvalue weighted by molar-refractivity contribution is 0.122. The van der Waals surface area contributed by atoms with Crippen molar-refractivity contribution in [1.29, 1.82) is 0 Å². The van der Waals surface area contributed by atoms with Crippen LogP contribution in [0.15, 0.2) is 6.07 Å². The highest BCUT2D eigenvalue weighted by atomic mass is 16.5. The van der Waals surface area contributed by atoms with Gasteiger partial charge in [-0.25, -0.2) is 9.67 Å². The van der Waals surface area contributed by atoms with E-state index in [2.05, 4.69) is 28.8 Å². The van der Waals surface area contributed by atoms with Crippen LogP contribution in [0.4, 0.5) is 5.82 Å². The highest BCUT2D eigenvalue weighted by Crippen LogP contribution is 2.19. The van der Waals surface area contributed by atoms with E-state index in [4.69, 9.17) is 9.72 Å². The van der Waals surface area contributed by atoms with Crippen LogP contribution < -0.4 is 4.90 Å². The molecule has 1 fully saturated rings. The average molecular weight is 287 g/mol. The largest absolute Gasteiger partial charge is 0.378 e. The summed E-state index contributed by atoms with van der Waals surface area (Å²) in [5.41, 5.74) is 4.25. The zero-order valence-electron chi connectivity index (χ0n) is 13.1. The van der Waals surface area contributed by atoms with Crippen molar-refractivity contribution in [3.63, 3.8) is 0 Å². The van der Waals surface area contributed by atoms with E-state index >= 15 is 0 Å². The van der Waals surface area contributed by atoms with Gasteiger partial charge in [-0.05, 0) is 33.3 Å². The van der Waals surface area contributed by atoms with Gasteiger partial charge in [0.2, 0.25) is 0 Å². The fourth-order valence-corrected chi connectivity index (χ4v) is 2.50. The van der Waals surface area contributed by atoms with Gasteiger partial charge >= 0.3 is 0 Å². The van der Waals surface area contributed by atoms with Crippen molar-refractivity contribution >= 4 is 5.82 Å². The van der Waals surface area contributed by atoms with Crippen LogP contribution in [0, 0.1) is 27.7 Å². The molecule has 0 unspecified atom stereocenters. The van der Waals surface area contributed by atoms with Crippen LogP contribution in [0.2, 0.25) is 0 Å². The molecular weight excluding hydrogens is 266 g/mol. The van der Waals surface area contributed by atoms with E-state index in [0.717, 1.165) is 49.2 Å². The van der Waals surface area contributed by atoms with Gasteiger partial charge in [-0.3, -0.25) is 0 Å². The summed E-state index contributed by atoms with van der Waals surface area (Å²) in [6.07, 6.45) is 0. The molecule has 0 atom stereocenters. The van der Waals surface area contributed by atoms with Crippen LogP contribution in [0.5, 0.6) is 0 Å². The Kier molecular flexibility index (Phi) is 3.63. The van der Waals surface area contributed by atoms with Crippen molar-refractivity contribution in [3.8, 4) is 5.95 Å². The number of aromatic nitrogens is 4. The lowest BCUT2D eigenvalue weighted by Gasteiger charge is -2.28. The van der Waals surface area contributed by atoms with Gasteiger partial charge in [0.25, 0.3) is 5.95 Å². The monoisotopic (exact) mass is 287 g/mol. The molecule has 0 N–H and O–H groups in total. The maximum absolute atomic E-state index is 5.40. The minimum atomic E-state index is 0.644. The Bertz CT molecular complexity index is 658. The first kappa shape index (κ1) is 14.0. The number of anilines is 1. The van der Waals surface area contributed by atoms with Crippen LogP contribution in [0.1, 0.15) is 22.6 Å². The maximum atomic E-state index is 5.40.